The molecule has 0 radical (unpaired) electrons. The number of ether oxygens (including phenoxy) is 1. The molecule has 1 amide bonds. The summed E-state index contributed by atoms with van der Waals surface area (Å²) in [6.45, 7) is 5.98. The lowest BCUT2D eigenvalue weighted by Gasteiger charge is -2.40. The van der Waals surface area contributed by atoms with Gasteiger partial charge in [0.1, 0.15) is 5.60 Å². The first kappa shape index (κ1) is 12.6. The number of benzene rings is 1. The SMILES string of the molecule is Cc1cc(Br)ccc1[C@]1(C)CN(C=O)CCO1. The van der Waals surface area contributed by atoms with Crippen molar-refractivity contribution >= 4 is 22.3 Å². The van der Waals surface area contributed by atoms with Crippen molar-refractivity contribution in [1.29, 1.82) is 0 Å². The van der Waals surface area contributed by atoms with E-state index in [4.69, 9.17) is 4.74 Å². The second-order valence-electron chi connectivity index (χ2n) is 4.61. The number of halogens is 1. The molecule has 3 nitrogen and oxygen atoms in total. The zero-order valence-corrected chi connectivity index (χ0v) is 11.7. The Bertz CT molecular complexity index is 435. The predicted molar refractivity (Wildman–Crippen MR) is 69.8 cm³/mol. The van der Waals surface area contributed by atoms with Crippen LogP contribution in [0.25, 0.3) is 0 Å². The lowest BCUT2D eigenvalue weighted by molar-refractivity contribution is -0.137. The van der Waals surface area contributed by atoms with E-state index in [1.165, 1.54) is 5.56 Å². The Hall–Kier alpha value is -0.870. The quantitative estimate of drug-likeness (QED) is 0.785. The van der Waals surface area contributed by atoms with Crippen LogP contribution >= 0.6 is 15.9 Å². The molecule has 92 valence electrons. The van der Waals surface area contributed by atoms with Crippen molar-refractivity contribution in [3.8, 4) is 0 Å². The average molecular weight is 298 g/mol. The highest BCUT2D eigenvalue weighted by Crippen LogP contribution is 2.32. The summed E-state index contributed by atoms with van der Waals surface area (Å²) in [7, 11) is 0. The van der Waals surface area contributed by atoms with Crippen molar-refractivity contribution in [3.63, 3.8) is 0 Å². The van der Waals surface area contributed by atoms with E-state index >= 15 is 0 Å². The summed E-state index contributed by atoms with van der Waals surface area (Å²) < 4.78 is 6.95. The predicted octanol–water partition coefficient (Wildman–Crippen LogP) is 2.46. The highest BCUT2D eigenvalue weighted by atomic mass is 79.9. The molecule has 2 rings (SSSR count). The first-order valence-electron chi connectivity index (χ1n) is 5.65. The number of amides is 1. The van der Waals surface area contributed by atoms with Gasteiger partial charge in [0, 0.05) is 11.0 Å². The maximum atomic E-state index is 10.9. The molecule has 0 unspecified atom stereocenters. The van der Waals surface area contributed by atoms with Gasteiger partial charge in [-0.3, -0.25) is 4.79 Å². The Kier molecular flexibility index (Phi) is 3.54. The fourth-order valence-corrected chi connectivity index (χ4v) is 2.85. The maximum Gasteiger partial charge on any atom is 0.209 e. The molecule has 1 heterocycles. The molecular weight excluding hydrogens is 282 g/mol. The van der Waals surface area contributed by atoms with Gasteiger partial charge in [-0.25, -0.2) is 0 Å². The third kappa shape index (κ3) is 2.53. The molecule has 1 aliphatic heterocycles. The largest absolute Gasteiger partial charge is 0.367 e. The van der Waals surface area contributed by atoms with Crippen molar-refractivity contribution in [2.24, 2.45) is 0 Å². The maximum absolute atomic E-state index is 10.9. The van der Waals surface area contributed by atoms with Crippen LogP contribution in [0.3, 0.4) is 0 Å². The van der Waals surface area contributed by atoms with Gasteiger partial charge in [0.25, 0.3) is 0 Å². The van der Waals surface area contributed by atoms with E-state index in [1.54, 1.807) is 4.90 Å². The average Bonchev–Trinajstić information content (AvgIpc) is 2.28. The zero-order valence-electron chi connectivity index (χ0n) is 10.1. The molecule has 1 aromatic carbocycles. The van der Waals surface area contributed by atoms with E-state index in [9.17, 15) is 4.79 Å². The van der Waals surface area contributed by atoms with Crippen LogP contribution in [0.2, 0.25) is 0 Å². The van der Waals surface area contributed by atoms with Crippen LogP contribution in [0, 0.1) is 6.92 Å². The molecule has 0 spiro atoms. The fourth-order valence-electron chi connectivity index (χ4n) is 2.37. The molecule has 4 heteroatoms. The second kappa shape index (κ2) is 4.78. The van der Waals surface area contributed by atoms with Gasteiger partial charge in [0.15, 0.2) is 0 Å². The Morgan fingerprint density at radius 3 is 2.94 bits per heavy atom. The van der Waals surface area contributed by atoms with E-state index in [0.29, 0.717) is 19.7 Å². The summed E-state index contributed by atoms with van der Waals surface area (Å²) in [6.07, 6.45) is 0.898. The Morgan fingerprint density at radius 2 is 2.29 bits per heavy atom. The number of aryl methyl sites for hydroxylation is 1. The van der Waals surface area contributed by atoms with Crippen molar-refractivity contribution < 1.29 is 9.53 Å². The van der Waals surface area contributed by atoms with Crippen LogP contribution < -0.4 is 0 Å². The van der Waals surface area contributed by atoms with Crippen molar-refractivity contribution in [3.05, 3.63) is 33.8 Å². The van der Waals surface area contributed by atoms with E-state index in [1.807, 2.05) is 13.0 Å². The highest BCUT2D eigenvalue weighted by molar-refractivity contribution is 9.10. The number of hydrogen-bond acceptors (Lipinski definition) is 2. The minimum absolute atomic E-state index is 0.399. The first-order chi connectivity index (χ1) is 8.05. The molecule has 0 N–H and O–H groups in total. The van der Waals surface area contributed by atoms with Gasteiger partial charge >= 0.3 is 0 Å². The van der Waals surface area contributed by atoms with E-state index in [2.05, 4.69) is 35.0 Å². The van der Waals surface area contributed by atoms with Crippen LogP contribution in [0.1, 0.15) is 18.1 Å². The lowest BCUT2D eigenvalue weighted by Crippen LogP contribution is -2.47. The Morgan fingerprint density at radius 1 is 1.53 bits per heavy atom. The lowest BCUT2D eigenvalue weighted by atomic mass is 9.90. The van der Waals surface area contributed by atoms with Crippen LogP contribution in [0.4, 0.5) is 0 Å². The van der Waals surface area contributed by atoms with Gasteiger partial charge in [-0.05, 0) is 37.1 Å². The standard InChI is InChI=1S/C13H16BrNO2/c1-10-7-11(14)3-4-12(10)13(2)8-15(9-16)5-6-17-13/h3-4,7,9H,5-6,8H2,1-2H3/t13-/m0/s1. The van der Waals surface area contributed by atoms with Crippen LogP contribution in [-0.4, -0.2) is 31.0 Å². The van der Waals surface area contributed by atoms with Gasteiger partial charge in [-0.1, -0.05) is 22.0 Å². The number of morpholine rings is 1. The topological polar surface area (TPSA) is 29.5 Å². The van der Waals surface area contributed by atoms with Crippen LogP contribution in [0.15, 0.2) is 22.7 Å². The monoisotopic (exact) mass is 297 g/mol. The molecule has 17 heavy (non-hydrogen) atoms. The molecule has 0 saturated carbocycles. The molecule has 1 fully saturated rings. The van der Waals surface area contributed by atoms with Crippen LogP contribution in [-0.2, 0) is 15.1 Å². The summed E-state index contributed by atoms with van der Waals surface area (Å²) in [5, 5.41) is 0. The minimum Gasteiger partial charge on any atom is -0.367 e. The second-order valence-corrected chi connectivity index (χ2v) is 5.53. The normalized spacial score (nSPS) is 24.8. The summed E-state index contributed by atoms with van der Waals surface area (Å²) in [5.41, 5.74) is 1.92. The van der Waals surface area contributed by atoms with Gasteiger partial charge < -0.3 is 9.64 Å². The van der Waals surface area contributed by atoms with E-state index in [0.717, 1.165) is 16.4 Å². The van der Waals surface area contributed by atoms with Gasteiger partial charge in [0.05, 0.1) is 13.2 Å². The zero-order chi connectivity index (χ0) is 12.5. The molecular formula is C13H16BrNO2. The first-order valence-corrected chi connectivity index (χ1v) is 6.44. The number of carbonyl (C=O) groups is 1. The smallest absolute Gasteiger partial charge is 0.209 e. The molecule has 1 saturated heterocycles. The van der Waals surface area contributed by atoms with Crippen molar-refractivity contribution in [1.82, 2.24) is 4.90 Å². The molecule has 1 aliphatic rings. The highest BCUT2D eigenvalue weighted by Gasteiger charge is 2.34. The summed E-state index contributed by atoms with van der Waals surface area (Å²) in [5.74, 6) is 0. The third-order valence-electron chi connectivity index (χ3n) is 3.21. The number of rotatable bonds is 2. The molecule has 0 bridgehead atoms. The Labute approximate surface area is 110 Å². The minimum atomic E-state index is -0.399. The molecule has 0 aromatic heterocycles. The third-order valence-corrected chi connectivity index (χ3v) is 3.70. The Balaban J connectivity index is 2.33. The number of carbonyl (C=O) groups excluding carboxylic acids is 1. The van der Waals surface area contributed by atoms with Crippen molar-refractivity contribution in [2.45, 2.75) is 19.4 Å². The molecule has 0 aliphatic carbocycles. The van der Waals surface area contributed by atoms with Gasteiger partial charge in [-0.2, -0.15) is 0 Å². The van der Waals surface area contributed by atoms with E-state index in [-0.39, 0.29) is 0 Å². The fraction of sp³-hybridized carbons (Fsp3) is 0.462. The summed E-state index contributed by atoms with van der Waals surface area (Å²) in [4.78, 5) is 12.6. The van der Waals surface area contributed by atoms with Crippen molar-refractivity contribution in [2.75, 3.05) is 19.7 Å². The van der Waals surface area contributed by atoms with E-state index < -0.39 is 5.60 Å². The summed E-state index contributed by atoms with van der Waals surface area (Å²) in [6, 6.07) is 6.15. The van der Waals surface area contributed by atoms with Gasteiger partial charge in [0.2, 0.25) is 6.41 Å². The number of hydrogen-bond donors (Lipinski definition) is 0. The van der Waals surface area contributed by atoms with Crippen LogP contribution in [0.5, 0.6) is 0 Å². The molecule has 1 aromatic rings. The number of nitrogens with zero attached hydrogens (tertiary/aromatic N) is 1. The molecule has 1 atom stereocenters. The van der Waals surface area contributed by atoms with Gasteiger partial charge in [-0.15, -0.1) is 0 Å². The summed E-state index contributed by atoms with van der Waals surface area (Å²) >= 11 is 3.46.